The normalized spacial score (nSPS) is 17.5. The monoisotopic (exact) mass is 262 g/mol. The molecule has 3 rings (SSSR count). The number of hydrogen-bond donors (Lipinski definition) is 0. The van der Waals surface area contributed by atoms with E-state index in [1.54, 1.807) is 0 Å². The predicted molar refractivity (Wildman–Crippen MR) is 80.4 cm³/mol. The van der Waals surface area contributed by atoms with Crippen molar-refractivity contribution in [2.45, 2.75) is 32.6 Å². The van der Waals surface area contributed by atoms with E-state index >= 15 is 0 Å². The van der Waals surface area contributed by atoms with Crippen LogP contribution in [0.4, 0.5) is 0 Å². The molecule has 2 nitrogen and oxygen atoms in total. The lowest BCUT2D eigenvalue weighted by Crippen LogP contribution is -2.29. The van der Waals surface area contributed by atoms with E-state index in [9.17, 15) is 0 Å². The summed E-state index contributed by atoms with van der Waals surface area (Å²) >= 11 is 1.88. The highest BCUT2D eigenvalue weighted by Crippen LogP contribution is 2.33. The van der Waals surface area contributed by atoms with Crippen molar-refractivity contribution in [3.8, 4) is 0 Å². The maximum Gasteiger partial charge on any atom is 0.0970 e. The van der Waals surface area contributed by atoms with Crippen molar-refractivity contribution in [3.63, 3.8) is 0 Å². The molecular weight excluding hydrogens is 240 g/mol. The smallest absolute Gasteiger partial charge is 0.0970 e. The predicted octanol–water partition coefficient (Wildman–Crippen LogP) is 4.13. The van der Waals surface area contributed by atoms with Crippen LogP contribution in [-0.4, -0.2) is 30.0 Å². The van der Waals surface area contributed by atoms with E-state index in [-0.39, 0.29) is 0 Å². The summed E-state index contributed by atoms with van der Waals surface area (Å²) in [4.78, 5) is 7.17. The highest BCUT2D eigenvalue weighted by Gasteiger charge is 2.21. The van der Waals surface area contributed by atoms with E-state index in [4.69, 9.17) is 4.98 Å². The van der Waals surface area contributed by atoms with Crippen molar-refractivity contribution in [3.05, 3.63) is 29.3 Å². The average Bonchev–Trinajstić information content (AvgIpc) is 2.85. The molecule has 0 unspecified atom stereocenters. The van der Waals surface area contributed by atoms with Gasteiger partial charge in [0.25, 0.3) is 0 Å². The SMILES string of the molecule is CC.CN1CCC(c2nc3ccccc3s2)CC1. The van der Waals surface area contributed by atoms with Crippen LogP contribution >= 0.6 is 11.3 Å². The number of para-hydroxylation sites is 1. The van der Waals surface area contributed by atoms with E-state index < -0.39 is 0 Å². The second kappa shape index (κ2) is 6.30. The van der Waals surface area contributed by atoms with E-state index in [1.165, 1.54) is 41.2 Å². The van der Waals surface area contributed by atoms with Crippen molar-refractivity contribution < 1.29 is 0 Å². The molecule has 3 heteroatoms. The standard InChI is InChI=1S/C13H16N2S.C2H6/c1-15-8-6-10(7-9-15)13-14-11-4-2-3-5-12(11)16-13;1-2/h2-5,10H,6-9H2,1H3;1-2H3. The molecule has 0 amide bonds. The van der Waals surface area contributed by atoms with Crippen LogP contribution in [0.5, 0.6) is 0 Å². The van der Waals surface area contributed by atoms with Gasteiger partial charge in [-0.2, -0.15) is 0 Å². The zero-order chi connectivity index (χ0) is 13.0. The van der Waals surface area contributed by atoms with Crippen molar-refractivity contribution in [2.75, 3.05) is 20.1 Å². The molecule has 1 saturated heterocycles. The molecule has 0 bridgehead atoms. The maximum atomic E-state index is 4.76. The summed E-state index contributed by atoms with van der Waals surface area (Å²) in [6, 6.07) is 8.45. The molecule has 0 saturated carbocycles. The number of nitrogens with zero attached hydrogens (tertiary/aromatic N) is 2. The number of fused-ring (bicyclic) bond motifs is 1. The molecule has 0 radical (unpaired) electrons. The fourth-order valence-electron chi connectivity index (χ4n) is 2.32. The fourth-order valence-corrected chi connectivity index (χ4v) is 3.46. The summed E-state index contributed by atoms with van der Waals surface area (Å²) in [7, 11) is 2.20. The minimum Gasteiger partial charge on any atom is -0.306 e. The van der Waals surface area contributed by atoms with Crippen LogP contribution < -0.4 is 0 Å². The van der Waals surface area contributed by atoms with Gasteiger partial charge in [-0.05, 0) is 45.1 Å². The van der Waals surface area contributed by atoms with Gasteiger partial charge in [0.1, 0.15) is 0 Å². The third kappa shape index (κ3) is 2.90. The van der Waals surface area contributed by atoms with Gasteiger partial charge in [0, 0.05) is 5.92 Å². The van der Waals surface area contributed by atoms with Crippen LogP contribution in [-0.2, 0) is 0 Å². The Labute approximate surface area is 114 Å². The molecule has 0 aliphatic carbocycles. The van der Waals surface area contributed by atoms with Gasteiger partial charge in [-0.3, -0.25) is 0 Å². The van der Waals surface area contributed by atoms with Crippen LogP contribution in [0.15, 0.2) is 24.3 Å². The van der Waals surface area contributed by atoms with Crippen LogP contribution in [0, 0.1) is 0 Å². The molecule has 98 valence electrons. The summed E-state index contributed by atoms with van der Waals surface area (Å²) in [5, 5.41) is 1.34. The van der Waals surface area contributed by atoms with Gasteiger partial charge in [-0.15, -0.1) is 11.3 Å². The van der Waals surface area contributed by atoms with E-state index in [1.807, 2.05) is 25.2 Å². The lowest BCUT2D eigenvalue weighted by molar-refractivity contribution is 0.255. The van der Waals surface area contributed by atoms with Crippen molar-refractivity contribution in [1.82, 2.24) is 9.88 Å². The first-order valence-electron chi connectivity index (χ1n) is 6.87. The summed E-state index contributed by atoms with van der Waals surface area (Å²) in [6.45, 7) is 6.42. The highest BCUT2D eigenvalue weighted by atomic mass is 32.1. The first-order chi connectivity index (χ1) is 8.83. The molecule has 0 spiro atoms. The van der Waals surface area contributed by atoms with Gasteiger partial charge in [0.05, 0.1) is 15.2 Å². The lowest BCUT2D eigenvalue weighted by Gasteiger charge is -2.27. The first-order valence-corrected chi connectivity index (χ1v) is 7.68. The molecular formula is C15H22N2S. The number of thiazole rings is 1. The van der Waals surface area contributed by atoms with Crippen LogP contribution in [0.25, 0.3) is 10.2 Å². The quantitative estimate of drug-likeness (QED) is 0.768. The van der Waals surface area contributed by atoms with Gasteiger partial charge >= 0.3 is 0 Å². The summed E-state index contributed by atoms with van der Waals surface area (Å²) < 4.78 is 1.33. The third-order valence-corrected chi connectivity index (χ3v) is 4.58. The Balaban J connectivity index is 0.000000574. The van der Waals surface area contributed by atoms with Crippen molar-refractivity contribution >= 4 is 21.6 Å². The zero-order valence-corrected chi connectivity index (χ0v) is 12.3. The van der Waals surface area contributed by atoms with Gasteiger partial charge in [-0.1, -0.05) is 26.0 Å². The zero-order valence-electron chi connectivity index (χ0n) is 11.5. The Morgan fingerprint density at radius 3 is 2.50 bits per heavy atom. The number of likely N-dealkylation sites (tertiary alicyclic amines) is 1. The topological polar surface area (TPSA) is 16.1 Å². The lowest BCUT2D eigenvalue weighted by atomic mass is 9.98. The largest absolute Gasteiger partial charge is 0.306 e. The maximum absolute atomic E-state index is 4.76. The van der Waals surface area contributed by atoms with E-state index in [0.29, 0.717) is 5.92 Å². The number of benzene rings is 1. The number of aromatic nitrogens is 1. The minimum atomic E-state index is 0.689. The Kier molecular flexibility index (Phi) is 4.72. The van der Waals surface area contributed by atoms with Crippen molar-refractivity contribution in [2.24, 2.45) is 0 Å². The fraction of sp³-hybridized carbons (Fsp3) is 0.533. The third-order valence-electron chi connectivity index (χ3n) is 3.38. The van der Waals surface area contributed by atoms with Crippen molar-refractivity contribution in [1.29, 1.82) is 0 Å². The van der Waals surface area contributed by atoms with Gasteiger partial charge in [0.15, 0.2) is 0 Å². The van der Waals surface area contributed by atoms with Crippen LogP contribution in [0.3, 0.4) is 0 Å². The second-order valence-electron chi connectivity index (χ2n) is 4.60. The Morgan fingerprint density at radius 1 is 1.17 bits per heavy atom. The average molecular weight is 262 g/mol. The van der Waals surface area contributed by atoms with Crippen LogP contribution in [0.2, 0.25) is 0 Å². The van der Waals surface area contributed by atoms with E-state index in [0.717, 1.165) is 0 Å². The molecule has 1 aromatic carbocycles. The highest BCUT2D eigenvalue weighted by molar-refractivity contribution is 7.18. The Bertz CT molecular complexity index is 451. The summed E-state index contributed by atoms with van der Waals surface area (Å²) in [6.07, 6.45) is 2.52. The first kappa shape index (κ1) is 13.5. The summed E-state index contributed by atoms with van der Waals surface area (Å²) in [5.74, 6) is 0.689. The number of piperidine rings is 1. The molecule has 1 aliphatic heterocycles. The van der Waals surface area contributed by atoms with E-state index in [2.05, 4.69) is 36.2 Å². The molecule has 2 heterocycles. The number of hydrogen-bond acceptors (Lipinski definition) is 3. The molecule has 1 aromatic heterocycles. The summed E-state index contributed by atoms with van der Waals surface area (Å²) in [5.41, 5.74) is 1.17. The van der Waals surface area contributed by atoms with Gasteiger partial charge in [-0.25, -0.2) is 4.98 Å². The number of rotatable bonds is 1. The molecule has 1 fully saturated rings. The molecule has 0 N–H and O–H groups in total. The Hall–Kier alpha value is -0.930. The van der Waals surface area contributed by atoms with Gasteiger partial charge < -0.3 is 4.90 Å². The van der Waals surface area contributed by atoms with Crippen LogP contribution in [0.1, 0.15) is 37.6 Å². The minimum absolute atomic E-state index is 0.689. The van der Waals surface area contributed by atoms with Gasteiger partial charge in [0.2, 0.25) is 0 Å². The second-order valence-corrected chi connectivity index (χ2v) is 5.66. The molecule has 2 aromatic rings. The molecule has 0 atom stereocenters. The Morgan fingerprint density at radius 2 is 1.83 bits per heavy atom. The molecule has 18 heavy (non-hydrogen) atoms. The molecule has 1 aliphatic rings.